The van der Waals surface area contributed by atoms with Crippen LogP contribution >= 0.6 is 11.6 Å². The largest absolute Gasteiger partial charge is 0.289 e. The van der Waals surface area contributed by atoms with Crippen LogP contribution in [0.3, 0.4) is 0 Å². The summed E-state index contributed by atoms with van der Waals surface area (Å²) in [6.07, 6.45) is 0. The van der Waals surface area contributed by atoms with Gasteiger partial charge in [0.25, 0.3) is 17.3 Å². The van der Waals surface area contributed by atoms with Crippen molar-refractivity contribution in [1.29, 1.82) is 0 Å². The molecule has 0 aliphatic carbocycles. The number of carbonyl (C=O) groups excluding carboxylic acids is 1. The number of nitro benzene ring substituents is 2. The number of hydrogen-bond acceptors (Lipinski definition) is 7. The van der Waals surface area contributed by atoms with Gasteiger partial charge in [-0.15, -0.1) is 5.10 Å². The topological polar surface area (TPSA) is 157 Å². The van der Waals surface area contributed by atoms with Crippen LogP contribution in [0.4, 0.5) is 17.3 Å². The lowest BCUT2D eigenvalue weighted by atomic mass is 10.1. The maximum absolute atomic E-state index is 12.4. The van der Waals surface area contributed by atoms with Gasteiger partial charge in [-0.05, 0) is 19.1 Å². The molecule has 1 aromatic heterocycles. The summed E-state index contributed by atoms with van der Waals surface area (Å²) < 4.78 is 0. The van der Waals surface area contributed by atoms with E-state index in [-0.39, 0.29) is 17.1 Å². The average Bonchev–Trinajstić information content (AvgIpc) is 3.09. The van der Waals surface area contributed by atoms with E-state index in [0.29, 0.717) is 16.4 Å². The minimum atomic E-state index is -0.837. The van der Waals surface area contributed by atoms with E-state index in [2.05, 4.69) is 20.5 Å². The van der Waals surface area contributed by atoms with Crippen molar-refractivity contribution in [3.63, 3.8) is 0 Å². The summed E-state index contributed by atoms with van der Waals surface area (Å²) in [5.74, 6) is -0.663. The molecule has 0 unspecified atom stereocenters. The second kappa shape index (κ2) is 7.40. The molecule has 2 N–H and O–H groups in total. The van der Waals surface area contributed by atoms with Gasteiger partial charge in [-0.1, -0.05) is 23.7 Å². The molecule has 1 amide bonds. The van der Waals surface area contributed by atoms with Crippen LogP contribution in [0.5, 0.6) is 0 Å². The molecular weight excluding hydrogens is 392 g/mol. The van der Waals surface area contributed by atoms with Crippen molar-refractivity contribution < 1.29 is 14.6 Å². The SMILES string of the molecule is Cc1c([N+](=O)[O-])cc(C(=O)Nc2n[nH]c(-c3ccccc3Cl)n2)cc1[N+](=O)[O-]. The summed E-state index contributed by atoms with van der Waals surface area (Å²) in [7, 11) is 0. The Morgan fingerprint density at radius 1 is 1.14 bits per heavy atom. The van der Waals surface area contributed by atoms with Crippen LogP contribution in [0.15, 0.2) is 36.4 Å². The molecule has 3 aromatic rings. The number of aromatic nitrogens is 3. The van der Waals surface area contributed by atoms with Crippen LogP contribution in [0.1, 0.15) is 15.9 Å². The molecule has 0 saturated heterocycles. The van der Waals surface area contributed by atoms with Crippen molar-refractivity contribution in [2.75, 3.05) is 5.32 Å². The normalized spacial score (nSPS) is 10.5. The van der Waals surface area contributed by atoms with E-state index in [4.69, 9.17) is 11.6 Å². The van der Waals surface area contributed by atoms with Crippen LogP contribution in [-0.4, -0.2) is 30.9 Å². The maximum Gasteiger partial charge on any atom is 0.279 e. The molecular formula is C16H11ClN6O5. The highest BCUT2D eigenvalue weighted by Gasteiger charge is 2.25. The van der Waals surface area contributed by atoms with Gasteiger partial charge in [0, 0.05) is 17.7 Å². The number of H-pyrrole nitrogens is 1. The number of aromatic amines is 1. The Kier molecular flexibility index (Phi) is 5.00. The highest BCUT2D eigenvalue weighted by atomic mass is 35.5. The first-order valence-corrected chi connectivity index (χ1v) is 8.08. The first-order valence-electron chi connectivity index (χ1n) is 7.70. The Labute approximate surface area is 161 Å². The van der Waals surface area contributed by atoms with E-state index >= 15 is 0 Å². The van der Waals surface area contributed by atoms with Gasteiger partial charge in [-0.2, -0.15) is 4.98 Å². The second-order valence-corrected chi connectivity index (χ2v) is 6.00. The zero-order chi connectivity index (χ0) is 20.4. The number of nitrogens with one attached hydrogen (secondary N) is 2. The van der Waals surface area contributed by atoms with Gasteiger partial charge in [0.1, 0.15) is 5.56 Å². The predicted molar refractivity (Wildman–Crippen MR) is 99.3 cm³/mol. The van der Waals surface area contributed by atoms with E-state index in [0.717, 1.165) is 12.1 Å². The highest BCUT2D eigenvalue weighted by Crippen LogP contribution is 2.30. The van der Waals surface area contributed by atoms with E-state index in [1.165, 1.54) is 6.92 Å². The summed E-state index contributed by atoms with van der Waals surface area (Å²) in [6, 6.07) is 8.75. The number of halogens is 1. The summed E-state index contributed by atoms with van der Waals surface area (Å²) in [5, 5.41) is 31.5. The lowest BCUT2D eigenvalue weighted by Crippen LogP contribution is -2.14. The standard InChI is InChI=1S/C16H11ClN6O5/c1-8-12(22(25)26)6-9(7-13(8)23(27)28)15(24)19-16-18-14(20-21-16)10-4-2-3-5-11(10)17/h2-7H,1H3,(H2,18,19,20,21,24). The molecule has 0 bridgehead atoms. The molecule has 0 aliphatic heterocycles. The Balaban J connectivity index is 1.91. The van der Waals surface area contributed by atoms with Crippen molar-refractivity contribution in [2.45, 2.75) is 6.92 Å². The third-order valence-corrected chi connectivity index (χ3v) is 4.18. The van der Waals surface area contributed by atoms with Crippen molar-refractivity contribution in [3.8, 4) is 11.4 Å². The molecule has 2 aromatic carbocycles. The Hall–Kier alpha value is -3.86. The molecule has 3 rings (SSSR count). The third kappa shape index (κ3) is 3.64. The summed E-state index contributed by atoms with van der Waals surface area (Å²) in [4.78, 5) is 37.2. The average molecular weight is 403 g/mol. The van der Waals surface area contributed by atoms with Crippen molar-refractivity contribution in [1.82, 2.24) is 15.2 Å². The van der Waals surface area contributed by atoms with E-state index < -0.39 is 27.1 Å². The number of amides is 1. The minimum Gasteiger partial charge on any atom is -0.289 e. The molecule has 12 heteroatoms. The van der Waals surface area contributed by atoms with Gasteiger partial charge in [-0.3, -0.25) is 35.4 Å². The summed E-state index contributed by atoms with van der Waals surface area (Å²) >= 11 is 6.08. The summed E-state index contributed by atoms with van der Waals surface area (Å²) in [6.45, 7) is 1.24. The maximum atomic E-state index is 12.4. The second-order valence-electron chi connectivity index (χ2n) is 5.60. The van der Waals surface area contributed by atoms with Crippen molar-refractivity contribution in [2.24, 2.45) is 0 Å². The molecule has 0 radical (unpaired) electrons. The van der Waals surface area contributed by atoms with Gasteiger partial charge >= 0.3 is 0 Å². The van der Waals surface area contributed by atoms with Crippen LogP contribution in [0.2, 0.25) is 5.02 Å². The van der Waals surface area contributed by atoms with Gasteiger partial charge in [0.2, 0.25) is 5.95 Å². The van der Waals surface area contributed by atoms with Gasteiger partial charge < -0.3 is 0 Å². The number of hydrogen-bond donors (Lipinski definition) is 2. The van der Waals surface area contributed by atoms with E-state index in [1.54, 1.807) is 24.3 Å². The monoisotopic (exact) mass is 402 g/mol. The first kappa shape index (κ1) is 18.9. The fraction of sp³-hybridized carbons (Fsp3) is 0.0625. The molecule has 0 fully saturated rings. The molecule has 0 spiro atoms. The van der Waals surface area contributed by atoms with Crippen LogP contribution in [0.25, 0.3) is 11.4 Å². The molecule has 28 heavy (non-hydrogen) atoms. The molecule has 142 valence electrons. The Morgan fingerprint density at radius 3 is 2.32 bits per heavy atom. The molecule has 0 saturated carbocycles. The predicted octanol–water partition coefficient (Wildman–Crippen LogP) is 3.50. The number of benzene rings is 2. The smallest absolute Gasteiger partial charge is 0.279 e. The van der Waals surface area contributed by atoms with Crippen LogP contribution in [-0.2, 0) is 0 Å². The fourth-order valence-electron chi connectivity index (χ4n) is 2.46. The minimum absolute atomic E-state index is 0.120. The van der Waals surface area contributed by atoms with Gasteiger partial charge in [0.05, 0.1) is 20.4 Å². The zero-order valence-corrected chi connectivity index (χ0v) is 14.9. The van der Waals surface area contributed by atoms with Crippen molar-refractivity contribution >= 4 is 34.8 Å². The third-order valence-electron chi connectivity index (χ3n) is 3.85. The number of nitro groups is 2. The Bertz CT molecular complexity index is 1080. The number of rotatable bonds is 5. The molecule has 0 atom stereocenters. The van der Waals surface area contributed by atoms with Crippen LogP contribution in [0, 0.1) is 27.2 Å². The lowest BCUT2D eigenvalue weighted by Gasteiger charge is -2.04. The Morgan fingerprint density at radius 2 is 1.75 bits per heavy atom. The summed E-state index contributed by atoms with van der Waals surface area (Å²) in [5.41, 5.74) is -0.936. The fourth-order valence-corrected chi connectivity index (χ4v) is 2.68. The van der Waals surface area contributed by atoms with Gasteiger partial charge in [-0.25, -0.2) is 0 Å². The van der Waals surface area contributed by atoms with Crippen molar-refractivity contribution in [3.05, 3.63) is 72.8 Å². The van der Waals surface area contributed by atoms with Gasteiger partial charge in [0.15, 0.2) is 5.82 Å². The highest BCUT2D eigenvalue weighted by molar-refractivity contribution is 6.33. The number of carbonyl (C=O) groups is 1. The zero-order valence-electron chi connectivity index (χ0n) is 14.2. The van der Waals surface area contributed by atoms with E-state index in [1.807, 2.05) is 0 Å². The number of nitrogens with zero attached hydrogens (tertiary/aromatic N) is 4. The molecule has 1 heterocycles. The molecule has 0 aliphatic rings. The van der Waals surface area contributed by atoms with E-state index in [9.17, 15) is 25.0 Å². The number of anilines is 1. The van der Waals surface area contributed by atoms with Crippen LogP contribution < -0.4 is 5.32 Å². The quantitative estimate of drug-likeness (QED) is 0.488. The first-order chi connectivity index (χ1) is 13.3. The lowest BCUT2D eigenvalue weighted by molar-refractivity contribution is -0.395. The molecule has 11 nitrogen and oxygen atoms in total.